The standard InChI is InChI=1S/C10H18N4O6/c1-4(15)8(10(19)20)14-9(18)5(2-6(12)16)13-7(17)3-11/h4-5,8,15H,2-3,11H2,1H3,(H2,12,16)(H,13,17)(H,14,18)(H,19,20)/t4-,5+,8+/m1/s1. The van der Waals surface area contributed by atoms with Crippen molar-refractivity contribution in [3.8, 4) is 0 Å². The number of rotatable bonds is 8. The maximum Gasteiger partial charge on any atom is 0.328 e. The lowest BCUT2D eigenvalue weighted by Crippen LogP contribution is -2.56. The Balaban J connectivity index is 4.88. The van der Waals surface area contributed by atoms with Crippen molar-refractivity contribution in [1.82, 2.24) is 10.6 Å². The highest BCUT2D eigenvalue weighted by atomic mass is 16.4. The normalized spacial score (nSPS) is 14.8. The summed E-state index contributed by atoms with van der Waals surface area (Å²) in [5.41, 5.74) is 9.99. The highest BCUT2D eigenvalue weighted by Crippen LogP contribution is 1.98. The van der Waals surface area contributed by atoms with Gasteiger partial charge in [-0.2, -0.15) is 0 Å². The molecule has 10 heteroatoms. The molecule has 3 atom stereocenters. The molecule has 0 spiro atoms. The molecular formula is C10H18N4O6. The Morgan fingerprint density at radius 1 is 1.20 bits per heavy atom. The van der Waals surface area contributed by atoms with Gasteiger partial charge in [0.05, 0.1) is 19.1 Å². The lowest BCUT2D eigenvalue weighted by atomic mass is 10.1. The van der Waals surface area contributed by atoms with E-state index >= 15 is 0 Å². The number of aliphatic hydroxyl groups is 1. The van der Waals surface area contributed by atoms with Crippen LogP contribution in [0.15, 0.2) is 0 Å². The molecule has 0 aliphatic rings. The summed E-state index contributed by atoms with van der Waals surface area (Å²) in [5.74, 6) is -4.00. The van der Waals surface area contributed by atoms with Crippen molar-refractivity contribution >= 4 is 23.7 Å². The van der Waals surface area contributed by atoms with Gasteiger partial charge in [0.1, 0.15) is 6.04 Å². The van der Waals surface area contributed by atoms with Crippen LogP contribution >= 0.6 is 0 Å². The van der Waals surface area contributed by atoms with Crippen LogP contribution in [0, 0.1) is 0 Å². The minimum Gasteiger partial charge on any atom is -0.480 e. The van der Waals surface area contributed by atoms with Gasteiger partial charge in [0.2, 0.25) is 17.7 Å². The number of carboxylic acids is 1. The van der Waals surface area contributed by atoms with E-state index in [0.717, 1.165) is 0 Å². The third kappa shape index (κ3) is 6.11. The quantitative estimate of drug-likeness (QED) is 0.265. The van der Waals surface area contributed by atoms with E-state index in [1.54, 1.807) is 0 Å². The summed E-state index contributed by atoms with van der Waals surface area (Å²) in [5, 5.41) is 22.2. The third-order valence-electron chi connectivity index (χ3n) is 2.29. The van der Waals surface area contributed by atoms with Crippen LogP contribution in [0.5, 0.6) is 0 Å². The molecule has 0 radical (unpaired) electrons. The molecule has 8 N–H and O–H groups in total. The number of carbonyl (C=O) groups is 4. The van der Waals surface area contributed by atoms with E-state index in [-0.39, 0.29) is 0 Å². The topological polar surface area (TPSA) is 185 Å². The largest absolute Gasteiger partial charge is 0.480 e. The zero-order valence-corrected chi connectivity index (χ0v) is 10.8. The summed E-state index contributed by atoms with van der Waals surface area (Å²) in [4.78, 5) is 44.6. The Morgan fingerprint density at radius 3 is 2.10 bits per heavy atom. The van der Waals surface area contributed by atoms with Crippen molar-refractivity contribution in [3.63, 3.8) is 0 Å². The number of primary amides is 1. The molecule has 0 unspecified atom stereocenters. The van der Waals surface area contributed by atoms with Gasteiger partial charge in [0.15, 0.2) is 6.04 Å². The minimum atomic E-state index is -1.58. The van der Waals surface area contributed by atoms with Crippen LogP contribution in [0.2, 0.25) is 0 Å². The summed E-state index contributed by atoms with van der Waals surface area (Å²) in [6.45, 7) is 0.752. The van der Waals surface area contributed by atoms with E-state index in [4.69, 9.17) is 16.6 Å². The molecule has 0 aromatic rings. The van der Waals surface area contributed by atoms with Crippen LogP contribution < -0.4 is 22.1 Å². The fourth-order valence-electron chi connectivity index (χ4n) is 1.31. The van der Waals surface area contributed by atoms with Crippen LogP contribution in [0.4, 0.5) is 0 Å². The molecule has 20 heavy (non-hydrogen) atoms. The van der Waals surface area contributed by atoms with Gasteiger partial charge in [0.25, 0.3) is 0 Å². The molecule has 10 nitrogen and oxygen atoms in total. The monoisotopic (exact) mass is 290 g/mol. The van der Waals surface area contributed by atoms with E-state index in [9.17, 15) is 24.3 Å². The average Bonchev–Trinajstić information content (AvgIpc) is 2.33. The van der Waals surface area contributed by atoms with Gasteiger partial charge in [-0.3, -0.25) is 14.4 Å². The Kier molecular flexibility index (Phi) is 7.18. The molecule has 0 bridgehead atoms. The summed E-state index contributed by atoms with van der Waals surface area (Å²) >= 11 is 0. The SMILES string of the molecule is C[C@@H](O)[C@H](NC(=O)[C@H](CC(N)=O)NC(=O)CN)C(=O)O. The lowest BCUT2D eigenvalue weighted by Gasteiger charge is -2.21. The molecule has 0 aromatic heterocycles. The molecule has 0 aromatic carbocycles. The van der Waals surface area contributed by atoms with E-state index < -0.39 is 54.8 Å². The third-order valence-corrected chi connectivity index (χ3v) is 2.29. The summed E-state index contributed by atoms with van der Waals surface area (Å²) in [7, 11) is 0. The van der Waals surface area contributed by atoms with Gasteiger partial charge in [-0.1, -0.05) is 0 Å². The predicted molar refractivity (Wildman–Crippen MR) is 66.0 cm³/mol. The first-order chi connectivity index (χ1) is 9.18. The highest BCUT2D eigenvalue weighted by molar-refractivity contribution is 5.94. The van der Waals surface area contributed by atoms with Gasteiger partial charge < -0.3 is 32.3 Å². The Bertz CT molecular complexity index is 397. The maximum absolute atomic E-state index is 11.8. The lowest BCUT2D eigenvalue weighted by molar-refractivity contribution is -0.145. The van der Waals surface area contributed by atoms with Gasteiger partial charge >= 0.3 is 5.97 Å². The second-order valence-electron chi connectivity index (χ2n) is 4.06. The van der Waals surface area contributed by atoms with Crippen LogP contribution in [0.3, 0.4) is 0 Å². The van der Waals surface area contributed by atoms with Crippen LogP contribution in [0.1, 0.15) is 13.3 Å². The smallest absolute Gasteiger partial charge is 0.328 e. The molecule has 3 amide bonds. The van der Waals surface area contributed by atoms with E-state index in [2.05, 4.69) is 5.32 Å². The van der Waals surface area contributed by atoms with Crippen molar-refractivity contribution in [1.29, 1.82) is 0 Å². The number of carbonyl (C=O) groups excluding carboxylic acids is 3. The summed E-state index contributed by atoms with van der Waals surface area (Å²) in [6.07, 6.45) is -1.89. The van der Waals surface area contributed by atoms with Crippen LogP contribution in [0.25, 0.3) is 0 Å². The molecule has 0 rings (SSSR count). The number of carboxylic acid groups (broad SMARTS) is 1. The fraction of sp³-hybridized carbons (Fsp3) is 0.600. The second kappa shape index (κ2) is 8.07. The van der Waals surface area contributed by atoms with Crippen LogP contribution in [-0.2, 0) is 19.2 Å². The molecule has 0 fully saturated rings. The first-order valence-electron chi connectivity index (χ1n) is 5.68. The van der Waals surface area contributed by atoms with Gasteiger partial charge in [0, 0.05) is 0 Å². The van der Waals surface area contributed by atoms with Crippen molar-refractivity contribution < 1.29 is 29.4 Å². The zero-order chi connectivity index (χ0) is 15.9. The molecule has 0 aliphatic carbocycles. The van der Waals surface area contributed by atoms with Gasteiger partial charge in [-0.25, -0.2) is 4.79 Å². The number of aliphatic hydroxyl groups excluding tert-OH is 1. The molecule has 0 aliphatic heterocycles. The van der Waals surface area contributed by atoms with Crippen LogP contribution in [-0.4, -0.2) is 58.6 Å². The Hall–Kier alpha value is -2.20. The van der Waals surface area contributed by atoms with E-state index in [1.807, 2.05) is 5.32 Å². The van der Waals surface area contributed by atoms with Gasteiger partial charge in [-0.15, -0.1) is 0 Å². The number of amides is 3. The Labute approximate surface area is 114 Å². The fourth-order valence-corrected chi connectivity index (χ4v) is 1.31. The first-order valence-corrected chi connectivity index (χ1v) is 5.68. The van der Waals surface area contributed by atoms with Crippen molar-refractivity contribution in [3.05, 3.63) is 0 Å². The number of aliphatic carboxylic acids is 1. The average molecular weight is 290 g/mol. The number of nitrogens with two attached hydrogens (primary N) is 2. The molecule has 0 heterocycles. The number of hydrogen-bond donors (Lipinski definition) is 6. The minimum absolute atomic E-state index is 0.415. The number of hydrogen-bond acceptors (Lipinski definition) is 6. The molecular weight excluding hydrogens is 272 g/mol. The van der Waals surface area contributed by atoms with Crippen molar-refractivity contribution in [2.45, 2.75) is 31.5 Å². The second-order valence-corrected chi connectivity index (χ2v) is 4.06. The van der Waals surface area contributed by atoms with E-state index in [1.165, 1.54) is 6.92 Å². The zero-order valence-electron chi connectivity index (χ0n) is 10.8. The number of nitrogens with one attached hydrogen (secondary N) is 2. The van der Waals surface area contributed by atoms with Gasteiger partial charge in [-0.05, 0) is 6.92 Å². The Morgan fingerprint density at radius 2 is 1.75 bits per heavy atom. The molecule has 114 valence electrons. The molecule has 0 saturated carbocycles. The summed E-state index contributed by atoms with van der Waals surface area (Å²) < 4.78 is 0. The molecule has 0 saturated heterocycles. The van der Waals surface area contributed by atoms with Crippen molar-refractivity contribution in [2.75, 3.05) is 6.54 Å². The van der Waals surface area contributed by atoms with E-state index in [0.29, 0.717) is 0 Å². The highest BCUT2D eigenvalue weighted by Gasteiger charge is 2.30. The summed E-state index contributed by atoms with van der Waals surface area (Å²) in [6, 6.07) is -2.93. The van der Waals surface area contributed by atoms with Crippen molar-refractivity contribution in [2.24, 2.45) is 11.5 Å². The predicted octanol–water partition coefficient (Wildman–Crippen LogP) is -3.74. The maximum atomic E-state index is 11.8. The first kappa shape index (κ1) is 17.8.